The number of ether oxygens (including phenoxy) is 2. The number of hydrogen-bond donors (Lipinski definition) is 0. The van der Waals surface area contributed by atoms with Crippen LogP contribution in [0, 0.1) is 5.82 Å². The summed E-state index contributed by atoms with van der Waals surface area (Å²) in [6, 6.07) is 12.0. The molecule has 3 aromatic rings. The molecule has 2 heterocycles. The molecule has 0 saturated carbocycles. The Balaban J connectivity index is 1.26. The molecule has 1 aromatic heterocycles. The van der Waals surface area contributed by atoms with E-state index in [2.05, 4.69) is 4.98 Å². The number of carbonyl (C=O) groups excluding carboxylic acids is 1. The van der Waals surface area contributed by atoms with Gasteiger partial charge < -0.3 is 14.4 Å². The molecule has 0 unspecified atom stereocenters. The number of benzene rings is 2. The molecule has 1 fully saturated rings. The van der Waals surface area contributed by atoms with Crippen molar-refractivity contribution >= 4 is 39.2 Å². The number of fused-ring (bicyclic) bond motifs is 1. The Bertz CT molecular complexity index is 985. The lowest BCUT2D eigenvalue weighted by molar-refractivity contribution is -0.130. The Morgan fingerprint density at radius 1 is 1.24 bits per heavy atom. The zero-order valence-electron chi connectivity index (χ0n) is 16.0. The summed E-state index contributed by atoms with van der Waals surface area (Å²) in [6.45, 7) is 1.35. The lowest BCUT2D eigenvalue weighted by Crippen LogP contribution is -2.42. The zero-order chi connectivity index (χ0) is 20.2. The van der Waals surface area contributed by atoms with Crippen LogP contribution in [0.25, 0.3) is 10.2 Å². The minimum Gasteiger partial charge on any atom is -0.497 e. The van der Waals surface area contributed by atoms with E-state index in [1.807, 2.05) is 23.1 Å². The van der Waals surface area contributed by atoms with Gasteiger partial charge in [-0.15, -0.1) is 11.8 Å². The molecule has 1 saturated heterocycles. The summed E-state index contributed by atoms with van der Waals surface area (Å²) in [5.41, 5.74) is 0.870. The summed E-state index contributed by atoms with van der Waals surface area (Å²) >= 11 is 2.96. The number of rotatable bonds is 6. The molecular weight excluding hydrogens is 411 g/mol. The van der Waals surface area contributed by atoms with Crippen molar-refractivity contribution in [2.75, 3.05) is 26.0 Å². The van der Waals surface area contributed by atoms with E-state index in [1.54, 1.807) is 19.2 Å². The number of methoxy groups -OCH3 is 1. The molecule has 2 aromatic carbocycles. The van der Waals surface area contributed by atoms with Crippen LogP contribution in [0.2, 0.25) is 0 Å². The molecule has 0 N–H and O–H groups in total. The predicted molar refractivity (Wildman–Crippen MR) is 114 cm³/mol. The van der Waals surface area contributed by atoms with Gasteiger partial charge in [0.05, 0.1) is 23.1 Å². The average Bonchev–Trinajstić information content (AvgIpc) is 3.15. The van der Waals surface area contributed by atoms with E-state index in [-0.39, 0.29) is 17.8 Å². The van der Waals surface area contributed by atoms with Gasteiger partial charge in [-0.2, -0.15) is 0 Å². The first-order chi connectivity index (χ1) is 14.1. The molecule has 1 aliphatic rings. The van der Waals surface area contributed by atoms with Gasteiger partial charge in [0, 0.05) is 36.9 Å². The van der Waals surface area contributed by atoms with Gasteiger partial charge in [-0.05, 0) is 36.4 Å². The summed E-state index contributed by atoms with van der Waals surface area (Å²) in [5.74, 6) is 0.969. The lowest BCUT2D eigenvalue weighted by atomic mass is 10.1. The molecule has 152 valence electrons. The van der Waals surface area contributed by atoms with E-state index in [4.69, 9.17) is 9.47 Å². The predicted octanol–water partition coefficient (Wildman–Crippen LogP) is 4.61. The number of carbonyl (C=O) groups is 1. The van der Waals surface area contributed by atoms with Crippen molar-refractivity contribution in [2.24, 2.45) is 0 Å². The Labute approximate surface area is 176 Å². The number of aromatic nitrogens is 1. The van der Waals surface area contributed by atoms with Crippen molar-refractivity contribution in [3.63, 3.8) is 0 Å². The number of piperidine rings is 1. The van der Waals surface area contributed by atoms with Gasteiger partial charge in [-0.3, -0.25) is 4.79 Å². The smallest absolute Gasteiger partial charge is 0.274 e. The monoisotopic (exact) mass is 432 g/mol. The standard InChI is InChI=1S/C21H21FN2O3S2/c1-26-16-4-7-19-18(12-16)23-21(29-19)27-15-8-10-24(11-9-15)20(25)13-28-17-5-2-14(22)3-6-17/h2-7,12,15H,8-11,13H2,1H3. The van der Waals surface area contributed by atoms with Crippen molar-refractivity contribution in [3.8, 4) is 10.9 Å². The molecule has 0 radical (unpaired) electrons. The maximum absolute atomic E-state index is 13.0. The zero-order valence-corrected chi connectivity index (χ0v) is 17.6. The molecule has 4 rings (SSSR count). The number of halogens is 1. The second-order valence-corrected chi connectivity index (χ2v) is 8.80. The van der Waals surface area contributed by atoms with E-state index >= 15 is 0 Å². The van der Waals surface area contributed by atoms with Crippen LogP contribution in [0.4, 0.5) is 4.39 Å². The fraction of sp³-hybridized carbons (Fsp3) is 0.333. The summed E-state index contributed by atoms with van der Waals surface area (Å²) in [6.07, 6.45) is 1.63. The van der Waals surface area contributed by atoms with E-state index in [1.165, 1.54) is 35.2 Å². The first-order valence-electron chi connectivity index (χ1n) is 9.38. The van der Waals surface area contributed by atoms with Crippen LogP contribution in [0.3, 0.4) is 0 Å². The van der Waals surface area contributed by atoms with Crippen LogP contribution in [0.15, 0.2) is 47.4 Å². The van der Waals surface area contributed by atoms with Crippen LogP contribution in [-0.2, 0) is 4.79 Å². The third-order valence-corrected chi connectivity index (χ3v) is 6.74. The molecule has 0 aliphatic carbocycles. The maximum atomic E-state index is 13.0. The number of thiazole rings is 1. The molecule has 0 atom stereocenters. The number of thioether (sulfide) groups is 1. The topological polar surface area (TPSA) is 51.7 Å². The molecule has 1 aliphatic heterocycles. The van der Waals surface area contributed by atoms with Gasteiger partial charge >= 0.3 is 0 Å². The van der Waals surface area contributed by atoms with Crippen LogP contribution >= 0.6 is 23.1 Å². The van der Waals surface area contributed by atoms with Crippen molar-refractivity contribution < 1.29 is 18.7 Å². The third-order valence-electron chi connectivity index (χ3n) is 4.81. The van der Waals surface area contributed by atoms with Crippen LogP contribution in [0.1, 0.15) is 12.8 Å². The molecule has 29 heavy (non-hydrogen) atoms. The van der Waals surface area contributed by atoms with E-state index in [9.17, 15) is 9.18 Å². The first kappa shape index (κ1) is 20.0. The fourth-order valence-electron chi connectivity index (χ4n) is 3.20. The highest BCUT2D eigenvalue weighted by atomic mass is 32.2. The van der Waals surface area contributed by atoms with Gasteiger partial charge in [0.2, 0.25) is 5.91 Å². The molecule has 1 amide bonds. The van der Waals surface area contributed by atoms with Crippen LogP contribution in [0.5, 0.6) is 10.9 Å². The van der Waals surface area contributed by atoms with Crippen LogP contribution in [-0.4, -0.2) is 47.8 Å². The quantitative estimate of drug-likeness (QED) is 0.533. The Morgan fingerprint density at radius 3 is 2.72 bits per heavy atom. The molecule has 0 bridgehead atoms. The van der Waals surface area contributed by atoms with Crippen molar-refractivity contribution in [3.05, 3.63) is 48.3 Å². The highest BCUT2D eigenvalue weighted by Crippen LogP contribution is 2.32. The minimum absolute atomic E-state index is 0.0614. The van der Waals surface area contributed by atoms with Crippen molar-refractivity contribution in [1.82, 2.24) is 9.88 Å². The van der Waals surface area contributed by atoms with Crippen molar-refractivity contribution in [2.45, 2.75) is 23.8 Å². The number of likely N-dealkylation sites (tertiary alicyclic amines) is 1. The molecular formula is C21H21FN2O3S2. The summed E-state index contributed by atoms with van der Waals surface area (Å²) < 4.78 is 25.3. The highest BCUT2D eigenvalue weighted by Gasteiger charge is 2.24. The Morgan fingerprint density at radius 2 is 2.00 bits per heavy atom. The Kier molecular flexibility index (Phi) is 6.20. The van der Waals surface area contributed by atoms with E-state index in [0.29, 0.717) is 24.0 Å². The summed E-state index contributed by atoms with van der Waals surface area (Å²) in [5, 5.41) is 0.657. The molecule has 8 heteroatoms. The largest absolute Gasteiger partial charge is 0.497 e. The number of hydrogen-bond acceptors (Lipinski definition) is 6. The number of amides is 1. The van der Waals surface area contributed by atoms with Gasteiger partial charge in [-0.25, -0.2) is 9.37 Å². The van der Waals surface area contributed by atoms with E-state index < -0.39 is 0 Å². The normalized spacial score (nSPS) is 14.9. The minimum atomic E-state index is -0.269. The number of nitrogens with zero attached hydrogens (tertiary/aromatic N) is 2. The highest BCUT2D eigenvalue weighted by molar-refractivity contribution is 8.00. The van der Waals surface area contributed by atoms with E-state index in [0.717, 1.165) is 33.7 Å². The second kappa shape index (κ2) is 9.00. The second-order valence-electron chi connectivity index (χ2n) is 6.75. The molecule has 5 nitrogen and oxygen atoms in total. The third kappa shape index (κ3) is 5.00. The van der Waals surface area contributed by atoms with Gasteiger partial charge in [0.25, 0.3) is 5.19 Å². The van der Waals surface area contributed by atoms with Crippen LogP contribution < -0.4 is 9.47 Å². The summed E-state index contributed by atoms with van der Waals surface area (Å²) in [7, 11) is 1.64. The SMILES string of the molecule is COc1ccc2sc(OC3CCN(C(=O)CSc4ccc(F)cc4)CC3)nc2c1. The van der Waals surface area contributed by atoms with Gasteiger partial charge in [0.1, 0.15) is 17.7 Å². The lowest BCUT2D eigenvalue weighted by Gasteiger charge is -2.31. The first-order valence-corrected chi connectivity index (χ1v) is 11.2. The summed E-state index contributed by atoms with van der Waals surface area (Å²) in [4.78, 5) is 19.8. The fourth-order valence-corrected chi connectivity index (χ4v) is 4.86. The average molecular weight is 433 g/mol. The maximum Gasteiger partial charge on any atom is 0.274 e. The van der Waals surface area contributed by atoms with Crippen molar-refractivity contribution in [1.29, 1.82) is 0 Å². The molecule has 0 spiro atoms. The Hall–Kier alpha value is -2.32. The van der Waals surface area contributed by atoms with Gasteiger partial charge in [-0.1, -0.05) is 11.3 Å². The van der Waals surface area contributed by atoms with Gasteiger partial charge in [0.15, 0.2) is 0 Å².